The molecule has 5 N–H and O–H groups in total. The van der Waals surface area contributed by atoms with E-state index in [1.54, 1.807) is 0 Å². The van der Waals surface area contributed by atoms with Crippen molar-refractivity contribution in [2.24, 2.45) is 11.3 Å². The summed E-state index contributed by atoms with van der Waals surface area (Å²) >= 11 is 0. The van der Waals surface area contributed by atoms with Crippen LogP contribution in [0.1, 0.15) is 330 Å². The van der Waals surface area contributed by atoms with Gasteiger partial charge in [0.2, 0.25) is 0 Å². The summed E-state index contributed by atoms with van der Waals surface area (Å²) in [6.07, 6.45) is 0.520. The maximum absolute atomic E-state index is 14.1. The van der Waals surface area contributed by atoms with Crippen LogP contribution >= 0.6 is 0 Å². The van der Waals surface area contributed by atoms with Crippen molar-refractivity contribution in [2.75, 3.05) is 39.6 Å². The third kappa shape index (κ3) is 25.5. The number of phenolic OH excluding ortho intramolecular Hbond substituents is 5. The van der Waals surface area contributed by atoms with Crippen molar-refractivity contribution in [3.8, 4) is 28.7 Å². The molecule has 0 saturated carbocycles. The third-order valence-corrected chi connectivity index (χ3v) is 19.9. The molecule has 0 spiro atoms. The van der Waals surface area contributed by atoms with Gasteiger partial charge in [0, 0.05) is 37.2 Å². The van der Waals surface area contributed by atoms with Gasteiger partial charge in [0.1, 0.15) is 60.6 Å². The normalized spacial score (nSPS) is 15.3. The van der Waals surface area contributed by atoms with Crippen LogP contribution < -0.4 is 0 Å². The highest BCUT2D eigenvalue weighted by Crippen LogP contribution is 2.47. The number of esters is 4. The number of carbonyl (C=O) groups excluding carboxylic acids is 4. The molecule has 596 valence electrons. The Morgan fingerprint density at radius 2 is 0.458 bits per heavy atom. The van der Waals surface area contributed by atoms with Crippen LogP contribution in [0.5, 0.6) is 28.7 Å². The smallest absolute Gasteiger partial charge is 0.306 e. The van der Waals surface area contributed by atoms with Crippen LogP contribution in [0.4, 0.5) is 0 Å². The Morgan fingerprint density at radius 1 is 0.299 bits per heavy atom. The molecule has 15 heteroatoms. The lowest BCUT2D eigenvalue weighted by molar-refractivity contribution is -0.202. The average Bonchev–Trinajstić information content (AvgIpc) is 0.805. The highest BCUT2D eigenvalue weighted by molar-refractivity contribution is 5.72. The molecule has 1 aliphatic rings. The fraction of sp³-hybridized carbons (Fsp3) is 0.630. The summed E-state index contributed by atoms with van der Waals surface area (Å²) in [4.78, 5) is 56.4. The van der Waals surface area contributed by atoms with Crippen molar-refractivity contribution in [3.05, 3.63) is 144 Å². The van der Waals surface area contributed by atoms with Gasteiger partial charge in [0.05, 0.1) is 13.2 Å². The lowest BCUT2D eigenvalue weighted by Crippen LogP contribution is -2.44. The standard InChI is InChI=1S/C73H108O12.C19H30O3/c1-65(2,3)49-33-45(34-50(61(49)78)66(4,5)6)25-29-57(74)82-41-73(42-83-58(75)30-26-46-35-51(67(7,8)9)62(79)52(36-46)68(10,11)12,43-84-59(76)31-27-47-37-53(69(13,14)15)63(80)54(38-47)70(16,17)18)44-85-60(77)32-28-48-39-55(71(19,20)21)64(81)56(40-48)72(22,23)24;1-12-10-21-17(22-11-12)13-8-14(18(2,3)4)16(20)15(9-13)19(5,6)7/h33-40,78-81H,25-32,41-44H2,1-24H3;8-9,12,17,20H,10-11H2,1-7H3. The molecule has 6 rings (SSSR count). The van der Waals surface area contributed by atoms with Crippen LogP contribution in [0.15, 0.2) is 60.7 Å². The van der Waals surface area contributed by atoms with Gasteiger partial charge in [-0.1, -0.05) is 263 Å². The van der Waals surface area contributed by atoms with Crippen molar-refractivity contribution in [1.82, 2.24) is 0 Å². The first-order valence-corrected chi connectivity index (χ1v) is 38.7. The summed E-state index contributed by atoms with van der Waals surface area (Å²) in [6.45, 7) is 63.0. The number of rotatable bonds is 21. The molecule has 1 heterocycles. The van der Waals surface area contributed by atoms with E-state index < -0.39 is 99.0 Å². The molecule has 15 nitrogen and oxygen atoms in total. The molecule has 1 saturated heterocycles. The number of aromatic hydroxyl groups is 5. The quantitative estimate of drug-likeness (QED) is 0.0340. The maximum atomic E-state index is 14.1. The van der Waals surface area contributed by atoms with Gasteiger partial charge in [-0.3, -0.25) is 19.2 Å². The van der Waals surface area contributed by atoms with Gasteiger partial charge in [-0.25, -0.2) is 0 Å². The van der Waals surface area contributed by atoms with Crippen molar-refractivity contribution in [3.63, 3.8) is 0 Å². The van der Waals surface area contributed by atoms with Crippen LogP contribution in [0.3, 0.4) is 0 Å². The molecule has 0 radical (unpaired) electrons. The number of hydrogen-bond acceptors (Lipinski definition) is 15. The van der Waals surface area contributed by atoms with Crippen LogP contribution in [0.2, 0.25) is 0 Å². The van der Waals surface area contributed by atoms with E-state index >= 15 is 0 Å². The zero-order valence-electron chi connectivity index (χ0n) is 71.6. The first-order chi connectivity index (χ1) is 48.4. The van der Waals surface area contributed by atoms with E-state index in [4.69, 9.17) is 28.4 Å². The summed E-state index contributed by atoms with van der Waals surface area (Å²) in [7, 11) is 0. The molecule has 0 amide bonds. The topological polar surface area (TPSA) is 225 Å². The Morgan fingerprint density at radius 3 is 0.617 bits per heavy atom. The summed E-state index contributed by atoms with van der Waals surface area (Å²) in [5.74, 6) is -0.665. The van der Waals surface area contributed by atoms with Crippen LogP contribution in [-0.4, -0.2) is 89.1 Å². The van der Waals surface area contributed by atoms with Crippen LogP contribution in [0, 0.1) is 11.3 Å². The maximum Gasteiger partial charge on any atom is 0.306 e. The highest BCUT2D eigenvalue weighted by atomic mass is 16.7. The second-order valence-corrected chi connectivity index (χ2v) is 40.9. The van der Waals surface area contributed by atoms with E-state index in [0.717, 1.165) is 83.5 Å². The number of ether oxygens (including phenoxy) is 6. The average molecular weight is 1480 g/mol. The molecular formula is C92H138O15. The molecule has 0 unspecified atom stereocenters. The SMILES string of the molecule is CC(C)(C)c1cc(CCC(=O)OCC(COC(=O)CCc2cc(C(C)(C)C)c(O)c(C(C)(C)C)c2)(COC(=O)CCc2cc(C(C)(C)C)c(O)c(C(C)(C)C)c2)COC(=O)CCc2cc(C(C)(C)C)c(O)c(C(C)(C)C)c2)cc(C(C)(C)C)c1O.CC1COC(c2cc(C(C)(C)C)c(O)c(C(C)(C)C)c2)OC1. The van der Waals surface area contributed by atoms with Crippen molar-refractivity contribution in [1.29, 1.82) is 0 Å². The van der Waals surface area contributed by atoms with E-state index in [0.29, 0.717) is 24.9 Å². The predicted molar refractivity (Wildman–Crippen MR) is 431 cm³/mol. The van der Waals surface area contributed by atoms with Gasteiger partial charge in [0.25, 0.3) is 0 Å². The van der Waals surface area contributed by atoms with Crippen LogP contribution in [-0.2, 0) is 127 Å². The van der Waals surface area contributed by atoms with E-state index in [1.807, 2.05) is 227 Å². The second-order valence-electron chi connectivity index (χ2n) is 40.9. The third-order valence-electron chi connectivity index (χ3n) is 19.9. The van der Waals surface area contributed by atoms with Gasteiger partial charge < -0.3 is 54.0 Å². The lowest BCUT2D eigenvalue weighted by Gasteiger charge is -2.32. The van der Waals surface area contributed by atoms with E-state index in [-0.39, 0.29) is 91.5 Å². The molecule has 5 aromatic carbocycles. The fourth-order valence-corrected chi connectivity index (χ4v) is 13.1. The number of carbonyl (C=O) groups is 4. The highest BCUT2D eigenvalue weighted by Gasteiger charge is 2.40. The molecule has 0 aliphatic carbocycles. The van der Waals surface area contributed by atoms with Crippen molar-refractivity contribution < 1.29 is 73.1 Å². The zero-order chi connectivity index (χ0) is 81.7. The Bertz CT molecular complexity index is 3330. The monoisotopic (exact) mass is 1480 g/mol. The minimum Gasteiger partial charge on any atom is -0.507 e. The van der Waals surface area contributed by atoms with E-state index in [9.17, 15) is 44.7 Å². The van der Waals surface area contributed by atoms with Crippen molar-refractivity contribution >= 4 is 23.9 Å². The van der Waals surface area contributed by atoms with E-state index in [1.165, 1.54) is 0 Å². The predicted octanol–water partition coefficient (Wildman–Crippen LogP) is 20.5. The molecule has 107 heavy (non-hydrogen) atoms. The van der Waals surface area contributed by atoms with Gasteiger partial charge >= 0.3 is 23.9 Å². The van der Waals surface area contributed by atoms with Gasteiger partial charge in [-0.2, -0.15) is 0 Å². The number of hydrogen-bond donors (Lipinski definition) is 5. The molecule has 5 aromatic rings. The van der Waals surface area contributed by atoms with Crippen LogP contribution in [0.25, 0.3) is 0 Å². The number of phenols is 5. The molecule has 1 aliphatic heterocycles. The molecule has 1 fully saturated rings. The summed E-state index contributed by atoms with van der Waals surface area (Å²) < 4.78 is 36.1. The molecular weight excluding hydrogens is 1340 g/mol. The van der Waals surface area contributed by atoms with E-state index in [2.05, 4.69) is 48.5 Å². The second kappa shape index (κ2) is 34.0. The number of aryl methyl sites for hydroxylation is 4. The Hall–Kier alpha value is -7.10. The van der Waals surface area contributed by atoms with Gasteiger partial charge in [0.15, 0.2) is 6.29 Å². The Labute approximate surface area is 644 Å². The molecule has 0 aromatic heterocycles. The fourth-order valence-electron chi connectivity index (χ4n) is 13.1. The lowest BCUT2D eigenvalue weighted by atomic mass is 9.78. The first-order valence-electron chi connectivity index (χ1n) is 38.7. The molecule has 0 atom stereocenters. The Balaban J connectivity index is 0.000000790. The first kappa shape index (κ1) is 90.5. The van der Waals surface area contributed by atoms with Crippen molar-refractivity contribution in [2.45, 2.75) is 326 Å². The summed E-state index contributed by atoms with van der Waals surface area (Å²) in [5, 5.41) is 56.4. The minimum atomic E-state index is -1.58. The Kier molecular flexibility index (Phi) is 28.8. The molecule has 0 bridgehead atoms. The largest absolute Gasteiger partial charge is 0.507 e. The number of benzene rings is 5. The minimum absolute atomic E-state index is 0.0629. The summed E-state index contributed by atoms with van der Waals surface area (Å²) in [6, 6.07) is 19.4. The van der Waals surface area contributed by atoms with Gasteiger partial charge in [-0.05, 0) is 170 Å². The summed E-state index contributed by atoms with van der Waals surface area (Å²) in [5.41, 5.74) is 7.24. The van der Waals surface area contributed by atoms with Gasteiger partial charge in [-0.15, -0.1) is 0 Å². The zero-order valence-corrected chi connectivity index (χ0v) is 71.6.